The van der Waals surface area contributed by atoms with Crippen molar-refractivity contribution in [1.82, 2.24) is 9.97 Å². The quantitative estimate of drug-likeness (QED) is 0.746. The van der Waals surface area contributed by atoms with Crippen molar-refractivity contribution >= 4 is 11.0 Å². The summed E-state index contributed by atoms with van der Waals surface area (Å²) in [4.78, 5) is 8.15. The van der Waals surface area contributed by atoms with Gasteiger partial charge in [0.15, 0.2) is 0 Å². The minimum atomic E-state index is 1.02. The van der Waals surface area contributed by atoms with Crippen molar-refractivity contribution in [3.05, 3.63) is 29.6 Å². The molecule has 1 N–H and O–H groups in total. The number of aryl methyl sites for hydroxylation is 2. The number of aromatic nitrogens is 2. The summed E-state index contributed by atoms with van der Waals surface area (Å²) in [5.74, 6) is 2.18. The van der Waals surface area contributed by atoms with Crippen LogP contribution in [-0.2, 0) is 6.42 Å². The number of nitrogens with zero attached hydrogens (tertiary/aromatic N) is 1. The first kappa shape index (κ1) is 13.7. The van der Waals surface area contributed by atoms with Gasteiger partial charge in [0.05, 0.1) is 11.0 Å². The molecular formula is C18H26N2. The third kappa shape index (κ3) is 3.41. The zero-order valence-electron chi connectivity index (χ0n) is 12.6. The summed E-state index contributed by atoms with van der Waals surface area (Å²) in [7, 11) is 0. The van der Waals surface area contributed by atoms with E-state index in [1.165, 1.54) is 62.4 Å². The first-order valence-electron chi connectivity index (χ1n) is 8.26. The number of benzene rings is 1. The highest BCUT2D eigenvalue weighted by Gasteiger charge is 2.12. The van der Waals surface area contributed by atoms with Gasteiger partial charge in [-0.25, -0.2) is 4.98 Å². The maximum Gasteiger partial charge on any atom is 0.107 e. The maximum atomic E-state index is 4.68. The predicted octanol–water partition coefficient (Wildman–Crippen LogP) is 5.16. The predicted molar refractivity (Wildman–Crippen MR) is 85.0 cm³/mol. The van der Waals surface area contributed by atoms with Crippen LogP contribution in [-0.4, -0.2) is 9.97 Å². The molecule has 0 atom stereocenters. The molecule has 108 valence electrons. The molecule has 2 nitrogen and oxygen atoms in total. The first-order chi connectivity index (χ1) is 9.81. The summed E-state index contributed by atoms with van der Waals surface area (Å²) in [6.45, 7) is 2.13. The molecule has 0 aliphatic heterocycles. The van der Waals surface area contributed by atoms with Crippen molar-refractivity contribution in [2.75, 3.05) is 0 Å². The van der Waals surface area contributed by atoms with Crippen molar-refractivity contribution in [1.29, 1.82) is 0 Å². The molecule has 3 rings (SSSR count). The van der Waals surface area contributed by atoms with Gasteiger partial charge in [0, 0.05) is 6.42 Å². The van der Waals surface area contributed by atoms with E-state index >= 15 is 0 Å². The second-order valence-corrected chi connectivity index (χ2v) is 6.45. The SMILES string of the molecule is Cc1ccc2nc(CCCCC3CCCCC3)[nH]c2c1. The number of aromatic amines is 1. The molecule has 1 aromatic carbocycles. The first-order valence-corrected chi connectivity index (χ1v) is 8.26. The van der Waals surface area contributed by atoms with Gasteiger partial charge < -0.3 is 4.98 Å². The largest absolute Gasteiger partial charge is 0.342 e. The summed E-state index contributed by atoms with van der Waals surface area (Å²) in [6, 6.07) is 6.44. The van der Waals surface area contributed by atoms with Crippen LogP contribution in [0.1, 0.15) is 62.8 Å². The molecule has 1 fully saturated rings. The molecule has 0 amide bonds. The van der Waals surface area contributed by atoms with E-state index in [4.69, 9.17) is 0 Å². The number of fused-ring (bicyclic) bond motifs is 1. The van der Waals surface area contributed by atoms with Crippen LogP contribution < -0.4 is 0 Å². The average molecular weight is 270 g/mol. The third-order valence-corrected chi connectivity index (χ3v) is 4.69. The molecular weight excluding hydrogens is 244 g/mol. The van der Waals surface area contributed by atoms with E-state index in [9.17, 15) is 0 Å². The number of imidazole rings is 1. The molecule has 0 saturated heterocycles. The molecule has 1 heterocycles. The van der Waals surface area contributed by atoms with Crippen molar-refractivity contribution in [3.8, 4) is 0 Å². The van der Waals surface area contributed by atoms with Gasteiger partial charge in [0.2, 0.25) is 0 Å². The van der Waals surface area contributed by atoms with Crippen LogP contribution in [0, 0.1) is 12.8 Å². The fourth-order valence-electron chi connectivity index (χ4n) is 3.50. The summed E-state index contributed by atoms with van der Waals surface area (Å²) in [5.41, 5.74) is 3.59. The van der Waals surface area contributed by atoms with Crippen LogP contribution in [0.25, 0.3) is 11.0 Å². The zero-order valence-corrected chi connectivity index (χ0v) is 12.6. The number of nitrogens with one attached hydrogen (secondary N) is 1. The van der Waals surface area contributed by atoms with Crippen LogP contribution in [0.4, 0.5) is 0 Å². The van der Waals surface area contributed by atoms with Gasteiger partial charge in [0.1, 0.15) is 5.82 Å². The Bertz CT molecular complexity index is 550. The van der Waals surface area contributed by atoms with E-state index in [2.05, 4.69) is 35.1 Å². The molecule has 1 saturated carbocycles. The number of hydrogen-bond acceptors (Lipinski definition) is 1. The zero-order chi connectivity index (χ0) is 13.8. The average Bonchev–Trinajstić information content (AvgIpc) is 2.86. The molecule has 0 bridgehead atoms. The van der Waals surface area contributed by atoms with Gasteiger partial charge in [-0.15, -0.1) is 0 Å². The number of hydrogen-bond donors (Lipinski definition) is 1. The lowest BCUT2D eigenvalue weighted by atomic mass is 9.85. The van der Waals surface area contributed by atoms with Gasteiger partial charge in [0.25, 0.3) is 0 Å². The minimum absolute atomic E-state index is 1.02. The molecule has 0 radical (unpaired) electrons. The highest BCUT2D eigenvalue weighted by atomic mass is 14.9. The van der Waals surface area contributed by atoms with Crippen molar-refractivity contribution in [2.24, 2.45) is 5.92 Å². The minimum Gasteiger partial charge on any atom is -0.342 e. The lowest BCUT2D eigenvalue weighted by Crippen LogP contribution is -2.06. The van der Waals surface area contributed by atoms with Crippen molar-refractivity contribution < 1.29 is 0 Å². The van der Waals surface area contributed by atoms with Crippen LogP contribution in [0.5, 0.6) is 0 Å². The van der Waals surface area contributed by atoms with Crippen LogP contribution >= 0.6 is 0 Å². The Morgan fingerprint density at radius 2 is 2.00 bits per heavy atom. The van der Waals surface area contributed by atoms with Gasteiger partial charge in [-0.3, -0.25) is 0 Å². The standard InChI is InChI=1S/C18H26N2/c1-14-11-12-16-17(13-14)20-18(19-16)10-6-5-9-15-7-3-2-4-8-15/h11-13,15H,2-10H2,1H3,(H,19,20). The van der Waals surface area contributed by atoms with Crippen molar-refractivity contribution in [3.63, 3.8) is 0 Å². The Hall–Kier alpha value is -1.31. The highest BCUT2D eigenvalue weighted by Crippen LogP contribution is 2.27. The van der Waals surface area contributed by atoms with Crippen LogP contribution in [0.15, 0.2) is 18.2 Å². The number of rotatable bonds is 5. The molecule has 0 spiro atoms. The summed E-state index contributed by atoms with van der Waals surface area (Å²) >= 11 is 0. The molecule has 1 aliphatic carbocycles. The van der Waals surface area contributed by atoms with E-state index in [0.29, 0.717) is 0 Å². The molecule has 1 aliphatic rings. The van der Waals surface area contributed by atoms with E-state index in [1.807, 2.05) is 0 Å². The topological polar surface area (TPSA) is 28.7 Å². The molecule has 2 aromatic rings. The Morgan fingerprint density at radius 1 is 1.15 bits per heavy atom. The monoisotopic (exact) mass is 270 g/mol. The summed E-state index contributed by atoms with van der Waals surface area (Å²) in [6.07, 6.45) is 12.5. The van der Waals surface area contributed by atoms with E-state index in [0.717, 1.165) is 23.7 Å². The van der Waals surface area contributed by atoms with Gasteiger partial charge >= 0.3 is 0 Å². The number of unbranched alkanes of at least 4 members (excludes halogenated alkanes) is 1. The van der Waals surface area contributed by atoms with Crippen molar-refractivity contribution in [2.45, 2.75) is 64.7 Å². The third-order valence-electron chi connectivity index (χ3n) is 4.69. The highest BCUT2D eigenvalue weighted by molar-refractivity contribution is 5.75. The normalized spacial score (nSPS) is 16.9. The van der Waals surface area contributed by atoms with E-state index < -0.39 is 0 Å². The van der Waals surface area contributed by atoms with Gasteiger partial charge in [-0.2, -0.15) is 0 Å². The second-order valence-electron chi connectivity index (χ2n) is 6.45. The molecule has 1 aromatic heterocycles. The van der Waals surface area contributed by atoms with Gasteiger partial charge in [-0.05, 0) is 37.0 Å². The van der Waals surface area contributed by atoms with Crippen LogP contribution in [0.3, 0.4) is 0 Å². The van der Waals surface area contributed by atoms with Crippen LogP contribution in [0.2, 0.25) is 0 Å². The van der Waals surface area contributed by atoms with E-state index in [1.54, 1.807) is 0 Å². The number of H-pyrrole nitrogens is 1. The fraction of sp³-hybridized carbons (Fsp3) is 0.611. The Balaban J connectivity index is 1.47. The molecule has 0 unspecified atom stereocenters. The fourth-order valence-corrected chi connectivity index (χ4v) is 3.50. The summed E-state index contributed by atoms with van der Waals surface area (Å²) in [5, 5.41) is 0. The maximum absolute atomic E-state index is 4.68. The molecule has 2 heteroatoms. The Kier molecular flexibility index (Phi) is 4.39. The lowest BCUT2D eigenvalue weighted by molar-refractivity contribution is 0.329. The van der Waals surface area contributed by atoms with E-state index in [-0.39, 0.29) is 0 Å². The van der Waals surface area contributed by atoms with Gasteiger partial charge in [-0.1, -0.05) is 51.0 Å². The smallest absolute Gasteiger partial charge is 0.107 e. The second kappa shape index (κ2) is 6.43. The summed E-state index contributed by atoms with van der Waals surface area (Å²) < 4.78 is 0. The molecule has 20 heavy (non-hydrogen) atoms. The lowest BCUT2D eigenvalue weighted by Gasteiger charge is -2.21. The Morgan fingerprint density at radius 3 is 2.85 bits per heavy atom. The Labute approximate surface area is 122 Å².